The molecule has 1 fully saturated rings. The van der Waals surface area contributed by atoms with Crippen LogP contribution in [0, 0.1) is 0 Å². The number of nitrogens with one attached hydrogen (secondary N) is 1. The summed E-state index contributed by atoms with van der Waals surface area (Å²) in [4.78, 5) is 0. The molecule has 0 bridgehead atoms. The maximum Gasteiger partial charge on any atom is 0.119 e. The van der Waals surface area contributed by atoms with E-state index in [2.05, 4.69) is 43.4 Å². The zero-order valence-electron chi connectivity index (χ0n) is 10.2. The SMILES string of the molecule is CC[C@H](C)c1ccc(O[C@@H]2CCNC2)cc1. The first kappa shape index (κ1) is 11.5. The van der Waals surface area contributed by atoms with Gasteiger partial charge in [0.15, 0.2) is 0 Å². The fourth-order valence-corrected chi connectivity index (χ4v) is 2.03. The predicted molar refractivity (Wildman–Crippen MR) is 67.1 cm³/mol. The van der Waals surface area contributed by atoms with Gasteiger partial charge >= 0.3 is 0 Å². The summed E-state index contributed by atoms with van der Waals surface area (Å²) in [6.07, 6.45) is 2.66. The van der Waals surface area contributed by atoms with Crippen LogP contribution in [0.15, 0.2) is 24.3 Å². The van der Waals surface area contributed by atoms with E-state index in [4.69, 9.17) is 4.74 Å². The van der Waals surface area contributed by atoms with Crippen molar-refractivity contribution in [3.8, 4) is 5.75 Å². The van der Waals surface area contributed by atoms with Crippen LogP contribution in [-0.4, -0.2) is 19.2 Å². The minimum atomic E-state index is 0.356. The van der Waals surface area contributed by atoms with Gasteiger partial charge in [-0.1, -0.05) is 26.0 Å². The van der Waals surface area contributed by atoms with Gasteiger partial charge in [0.2, 0.25) is 0 Å². The summed E-state index contributed by atoms with van der Waals surface area (Å²) in [5, 5.41) is 3.31. The lowest BCUT2D eigenvalue weighted by molar-refractivity contribution is 0.223. The fraction of sp³-hybridized carbons (Fsp3) is 0.571. The van der Waals surface area contributed by atoms with Crippen molar-refractivity contribution in [2.45, 2.75) is 38.7 Å². The van der Waals surface area contributed by atoms with E-state index in [0.717, 1.165) is 25.3 Å². The molecular weight excluding hydrogens is 198 g/mol. The smallest absolute Gasteiger partial charge is 0.119 e. The lowest BCUT2D eigenvalue weighted by Gasteiger charge is -2.14. The Kier molecular flexibility index (Phi) is 3.83. The van der Waals surface area contributed by atoms with Crippen LogP contribution in [0.3, 0.4) is 0 Å². The van der Waals surface area contributed by atoms with Crippen molar-refractivity contribution in [2.24, 2.45) is 0 Å². The molecule has 0 saturated carbocycles. The number of rotatable bonds is 4. The third-order valence-corrected chi connectivity index (χ3v) is 3.38. The molecule has 2 heteroatoms. The van der Waals surface area contributed by atoms with E-state index in [0.29, 0.717) is 12.0 Å². The molecule has 1 aliphatic rings. The highest BCUT2D eigenvalue weighted by Gasteiger charge is 2.15. The van der Waals surface area contributed by atoms with Gasteiger partial charge in [-0.3, -0.25) is 0 Å². The molecule has 1 aliphatic heterocycles. The molecule has 2 nitrogen and oxygen atoms in total. The molecule has 0 aromatic heterocycles. The van der Waals surface area contributed by atoms with Crippen molar-refractivity contribution in [1.82, 2.24) is 5.32 Å². The summed E-state index contributed by atoms with van der Waals surface area (Å²) in [6, 6.07) is 8.57. The molecule has 1 heterocycles. The third kappa shape index (κ3) is 2.76. The third-order valence-electron chi connectivity index (χ3n) is 3.38. The average molecular weight is 219 g/mol. The number of benzene rings is 1. The van der Waals surface area contributed by atoms with Crippen LogP contribution in [0.5, 0.6) is 5.75 Å². The molecule has 1 saturated heterocycles. The highest BCUT2D eigenvalue weighted by Crippen LogP contribution is 2.22. The van der Waals surface area contributed by atoms with Crippen LogP contribution >= 0.6 is 0 Å². The molecule has 0 spiro atoms. The molecule has 2 atom stereocenters. The van der Waals surface area contributed by atoms with Crippen LogP contribution in [0.2, 0.25) is 0 Å². The second-order valence-electron chi connectivity index (χ2n) is 4.61. The lowest BCUT2D eigenvalue weighted by Crippen LogP contribution is -2.19. The second-order valence-corrected chi connectivity index (χ2v) is 4.61. The maximum absolute atomic E-state index is 5.88. The van der Waals surface area contributed by atoms with Crippen molar-refractivity contribution in [3.05, 3.63) is 29.8 Å². The van der Waals surface area contributed by atoms with Gasteiger partial charge in [0, 0.05) is 6.54 Å². The minimum absolute atomic E-state index is 0.356. The number of ether oxygens (including phenoxy) is 1. The lowest BCUT2D eigenvalue weighted by atomic mass is 9.99. The van der Waals surface area contributed by atoms with E-state index >= 15 is 0 Å². The zero-order chi connectivity index (χ0) is 11.4. The van der Waals surface area contributed by atoms with Crippen LogP contribution in [0.25, 0.3) is 0 Å². The molecule has 0 aliphatic carbocycles. The Bertz CT molecular complexity index is 314. The number of hydrogen-bond donors (Lipinski definition) is 1. The van der Waals surface area contributed by atoms with Crippen molar-refractivity contribution < 1.29 is 4.74 Å². The highest BCUT2D eigenvalue weighted by atomic mass is 16.5. The van der Waals surface area contributed by atoms with Crippen LogP contribution < -0.4 is 10.1 Å². The van der Waals surface area contributed by atoms with Gasteiger partial charge in [0.25, 0.3) is 0 Å². The summed E-state index contributed by atoms with van der Waals surface area (Å²) in [6.45, 7) is 6.54. The molecule has 1 N–H and O–H groups in total. The van der Waals surface area contributed by atoms with E-state index in [-0.39, 0.29) is 0 Å². The molecule has 0 amide bonds. The summed E-state index contributed by atoms with van der Waals surface area (Å²) < 4.78 is 5.88. The van der Waals surface area contributed by atoms with E-state index in [9.17, 15) is 0 Å². The molecule has 1 aromatic carbocycles. The van der Waals surface area contributed by atoms with Crippen molar-refractivity contribution in [1.29, 1.82) is 0 Å². The minimum Gasteiger partial charge on any atom is -0.489 e. The molecule has 0 unspecified atom stereocenters. The van der Waals surface area contributed by atoms with Crippen LogP contribution in [0.1, 0.15) is 38.2 Å². The van der Waals surface area contributed by atoms with Crippen molar-refractivity contribution >= 4 is 0 Å². The van der Waals surface area contributed by atoms with Gasteiger partial charge in [0.1, 0.15) is 11.9 Å². The molecule has 88 valence electrons. The van der Waals surface area contributed by atoms with Crippen molar-refractivity contribution in [2.75, 3.05) is 13.1 Å². The van der Waals surface area contributed by atoms with Crippen LogP contribution in [-0.2, 0) is 0 Å². The fourth-order valence-electron chi connectivity index (χ4n) is 2.03. The Morgan fingerprint density at radius 3 is 2.69 bits per heavy atom. The predicted octanol–water partition coefficient (Wildman–Crippen LogP) is 2.94. The van der Waals surface area contributed by atoms with Crippen LogP contribution in [0.4, 0.5) is 0 Å². The molecular formula is C14H21NO. The summed E-state index contributed by atoms with van der Waals surface area (Å²) in [5.74, 6) is 1.64. The van der Waals surface area contributed by atoms with Crippen molar-refractivity contribution in [3.63, 3.8) is 0 Å². The topological polar surface area (TPSA) is 21.3 Å². The highest BCUT2D eigenvalue weighted by molar-refractivity contribution is 5.29. The van der Waals surface area contributed by atoms with E-state index in [1.807, 2.05) is 0 Å². The van der Waals surface area contributed by atoms with Gasteiger partial charge in [-0.2, -0.15) is 0 Å². The van der Waals surface area contributed by atoms with Gasteiger partial charge < -0.3 is 10.1 Å². The normalized spacial score (nSPS) is 22.0. The summed E-state index contributed by atoms with van der Waals surface area (Å²) >= 11 is 0. The van der Waals surface area contributed by atoms with Gasteiger partial charge in [0.05, 0.1) is 0 Å². The summed E-state index contributed by atoms with van der Waals surface area (Å²) in [5.41, 5.74) is 1.40. The maximum atomic E-state index is 5.88. The standard InChI is InChI=1S/C14H21NO/c1-3-11(2)12-4-6-13(7-5-12)16-14-8-9-15-10-14/h4-7,11,14-15H,3,8-10H2,1-2H3/t11-,14+/m0/s1. The Hall–Kier alpha value is -1.02. The molecule has 0 radical (unpaired) electrons. The monoisotopic (exact) mass is 219 g/mol. The first-order chi connectivity index (χ1) is 7.79. The number of hydrogen-bond acceptors (Lipinski definition) is 2. The quantitative estimate of drug-likeness (QED) is 0.840. The largest absolute Gasteiger partial charge is 0.489 e. The van der Waals surface area contributed by atoms with E-state index in [1.54, 1.807) is 0 Å². The molecule has 16 heavy (non-hydrogen) atoms. The zero-order valence-corrected chi connectivity index (χ0v) is 10.2. The Balaban J connectivity index is 1.96. The Labute approximate surface area is 98.0 Å². The Morgan fingerprint density at radius 1 is 1.38 bits per heavy atom. The summed E-state index contributed by atoms with van der Waals surface area (Å²) in [7, 11) is 0. The first-order valence-corrected chi connectivity index (χ1v) is 6.27. The van der Waals surface area contributed by atoms with E-state index < -0.39 is 0 Å². The second kappa shape index (κ2) is 5.35. The molecule has 1 aromatic rings. The first-order valence-electron chi connectivity index (χ1n) is 6.27. The van der Waals surface area contributed by atoms with Gasteiger partial charge in [-0.25, -0.2) is 0 Å². The molecule has 2 rings (SSSR count). The van der Waals surface area contributed by atoms with Gasteiger partial charge in [-0.15, -0.1) is 0 Å². The van der Waals surface area contributed by atoms with Gasteiger partial charge in [-0.05, 0) is 43.0 Å². The average Bonchev–Trinajstić information content (AvgIpc) is 2.82. The van der Waals surface area contributed by atoms with E-state index in [1.165, 1.54) is 12.0 Å². The Morgan fingerprint density at radius 2 is 2.12 bits per heavy atom.